The van der Waals surface area contributed by atoms with Gasteiger partial charge in [0.05, 0.1) is 5.56 Å². The van der Waals surface area contributed by atoms with Crippen molar-refractivity contribution < 1.29 is 13.2 Å². The van der Waals surface area contributed by atoms with Gasteiger partial charge in [-0.2, -0.15) is 13.2 Å². The maximum atomic E-state index is 12.7. The van der Waals surface area contributed by atoms with Gasteiger partial charge in [-0.15, -0.1) is 0 Å². The minimum absolute atomic E-state index is 0.182. The van der Waals surface area contributed by atoms with Crippen LogP contribution in [0.3, 0.4) is 0 Å². The fourth-order valence-corrected chi connectivity index (χ4v) is 1.71. The summed E-state index contributed by atoms with van der Waals surface area (Å²) in [6.07, 6.45) is -3.74. The van der Waals surface area contributed by atoms with Gasteiger partial charge in [-0.25, -0.2) is 0 Å². The molecule has 0 heterocycles. The average molecular weight is 245 g/mol. The van der Waals surface area contributed by atoms with Crippen LogP contribution >= 0.6 is 0 Å². The number of halogens is 3. The van der Waals surface area contributed by atoms with Gasteiger partial charge in [-0.1, -0.05) is 26.0 Å². The summed E-state index contributed by atoms with van der Waals surface area (Å²) in [4.78, 5) is 0. The molecule has 0 saturated heterocycles. The van der Waals surface area contributed by atoms with Crippen LogP contribution < -0.4 is 5.73 Å². The van der Waals surface area contributed by atoms with Gasteiger partial charge in [0.15, 0.2) is 0 Å². The normalized spacial score (nSPS) is 12.9. The lowest BCUT2D eigenvalue weighted by Crippen LogP contribution is -2.26. The van der Waals surface area contributed by atoms with Gasteiger partial charge in [0.1, 0.15) is 0 Å². The van der Waals surface area contributed by atoms with E-state index in [9.17, 15) is 13.2 Å². The van der Waals surface area contributed by atoms with E-state index in [2.05, 4.69) is 0 Å². The van der Waals surface area contributed by atoms with Crippen LogP contribution in [0.15, 0.2) is 18.2 Å². The molecule has 1 nitrogen and oxygen atoms in total. The standard InChI is InChI=1S/C13H18F3N/c1-9-4-5-10(7-12(2,3)8-17)6-11(9)13(14,15)16/h4-6H,7-8,17H2,1-3H3. The summed E-state index contributed by atoms with van der Waals surface area (Å²) >= 11 is 0. The summed E-state index contributed by atoms with van der Waals surface area (Å²) in [5, 5.41) is 0. The Morgan fingerprint density at radius 1 is 1.18 bits per heavy atom. The molecule has 0 spiro atoms. The van der Waals surface area contributed by atoms with Gasteiger partial charge in [-0.05, 0) is 42.5 Å². The van der Waals surface area contributed by atoms with Crippen molar-refractivity contribution in [2.75, 3.05) is 6.54 Å². The van der Waals surface area contributed by atoms with Crippen molar-refractivity contribution in [2.24, 2.45) is 11.1 Å². The zero-order valence-electron chi connectivity index (χ0n) is 10.4. The number of benzene rings is 1. The molecule has 96 valence electrons. The third-order valence-electron chi connectivity index (χ3n) is 2.84. The Morgan fingerprint density at radius 3 is 2.24 bits per heavy atom. The van der Waals surface area contributed by atoms with E-state index in [1.807, 2.05) is 13.8 Å². The molecule has 0 saturated carbocycles. The molecule has 4 heteroatoms. The van der Waals surface area contributed by atoms with Gasteiger partial charge in [-0.3, -0.25) is 0 Å². The molecule has 0 atom stereocenters. The van der Waals surface area contributed by atoms with Crippen LogP contribution in [0.4, 0.5) is 13.2 Å². The first-order valence-electron chi connectivity index (χ1n) is 5.52. The molecular formula is C13H18F3N. The molecule has 0 unspecified atom stereocenters. The summed E-state index contributed by atoms with van der Waals surface area (Å²) in [6.45, 7) is 5.81. The number of hydrogen-bond acceptors (Lipinski definition) is 1. The highest BCUT2D eigenvalue weighted by Crippen LogP contribution is 2.33. The highest BCUT2D eigenvalue weighted by atomic mass is 19.4. The van der Waals surface area contributed by atoms with Crippen molar-refractivity contribution in [1.29, 1.82) is 0 Å². The van der Waals surface area contributed by atoms with E-state index in [0.29, 0.717) is 18.5 Å². The third-order valence-corrected chi connectivity index (χ3v) is 2.84. The second-order valence-electron chi connectivity index (χ2n) is 5.19. The first kappa shape index (κ1) is 14.0. The van der Waals surface area contributed by atoms with Crippen molar-refractivity contribution >= 4 is 0 Å². The lowest BCUT2D eigenvalue weighted by molar-refractivity contribution is -0.138. The van der Waals surface area contributed by atoms with E-state index < -0.39 is 11.7 Å². The zero-order chi connectivity index (χ0) is 13.3. The van der Waals surface area contributed by atoms with Crippen LogP contribution in [0, 0.1) is 12.3 Å². The molecule has 1 aromatic rings. The monoisotopic (exact) mass is 245 g/mol. The van der Waals surface area contributed by atoms with Crippen LogP contribution in [0.25, 0.3) is 0 Å². The predicted octanol–water partition coefficient (Wildman–Crippen LogP) is 3.54. The van der Waals surface area contributed by atoms with Gasteiger partial charge in [0.25, 0.3) is 0 Å². The molecule has 0 aliphatic carbocycles. The van der Waals surface area contributed by atoms with Gasteiger partial charge >= 0.3 is 6.18 Å². The SMILES string of the molecule is Cc1ccc(CC(C)(C)CN)cc1C(F)(F)F. The Morgan fingerprint density at radius 2 is 1.76 bits per heavy atom. The Hall–Kier alpha value is -1.03. The molecule has 17 heavy (non-hydrogen) atoms. The highest BCUT2D eigenvalue weighted by molar-refractivity contribution is 5.33. The molecule has 0 amide bonds. The van der Waals surface area contributed by atoms with E-state index >= 15 is 0 Å². The zero-order valence-corrected chi connectivity index (χ0v) is 10.4. The van der Waals surface area contributed by atoms with Crippen molar-refractivity contribution in [3.05, 3.63) is 34.9 Å². The Balaban J connectivity index is 3.06. The van der Waals surface area contributed by atoms with Gasteiger partial charge in [0.2, 0.25) is 0 Å². The number of aryl methyl sites for hydroxylation is 1. The molecule has 0 radical (unpaired) electrons. The van der Waals surface area contributed by atoms with E-state index in [-0.39, 0.29) is 11.0 Å². The minimum atomic E-state index is -4.28. The molecule has 0 aliphatic heterocycles. The fraction of sp³-hybridized carbons (Fsp3) is 0.538. The second kappa shape index (κ2) is 4.69. The maximum Gasteiger partial charge on any atom is 0.416 e. The van der Waals surface area contributed by atoms with Crippen LogP contribution in [0.1, 0.15) is 30.5 Å². The van der Waals surface area contributed by atoms with E-state index in [1.54, 1.807) is 6.07 Å². The van der Waals surface area contributed by atoms with Crippen molar-refractivity contribution in [2.45, 2.75) is 33.4 Å². The minimum Gasteiger partial charge on any atom is -0.330 e. The molecule has 2 N–H and O–H groups in total. The summed E-state index contributed by atoms with van der Waals surface area (Å²) in [5.74, 6) is 0. The van der Waals surface area contributed by atoms with E-state index in [1.165, 1.54) is 19.1 Å². The Labute approximate surface area is 99.8 Å². The molecule has 0 bridgehead atoms. The molecule has 1 rings (SSSR count). The topological polar surface area (TPSA) is 26.0 Å². The molecule has 0 aromatic heterocycles. The van der Waals surface area contributed by atoms with Gasteiger partial charge in [0, 0.05) is 0 Å². The summed E-state index contributed by atoms with van der Waals surface area (Å²) < 4.78 is 38.2. The predicted molar refractivity (Wildman–Crippen MR) is 62.7 cm³/mol. The van der Waals surface area contributed by atoms with Crippen LogP contribution in [-0.2, 0) is 12.6 Å². The fourth-order valence-electron chi connectivity index (χ4n) is 1.71. The third kappa shape index (κ3) is 3.73. The first-order valence-corrected chi connectivity index (χ1v) is 5.52. The number of nitrogens with two attached hydrogens (primary N) is 1. The lowest BCUT2D eigenvalue weighted by Gasteiger charge is -2.23. The smallest absolute Gasteiger partial charge is 0.330 e. The van der Waals surface area contributed by atoms with E-state index in [0.717, 1.165) is 0 Å². The molecule has 0 fully saturated rings. The molecule has 0 aliphatic rings. The second-order valence-corrected chi connectivity index (χ2v) is 5.19. The summed E-state index contributed by atoms with van der Waals surface area (Å²) in [7, 11) is 0. The largest absolute Gasteiger partial charge is 0.416 e. The molecular weight excluding hydrogens is 227 g/mol. The molecule has 1 aromatic carbocycles. The Bertz CT molecular complexity index is 394. The first-order chi connectivity index (χ1) is 7.65. The summed E-state index contributed by atoms with van der Waals surface area (Å²) in [5.41, 5.74) is 5.79. The number of hydrogen-bond donors (Lipinski definition) is 1. The van der Waals surface area contributed by atoms with Gasteiger partial charge < -0.3 is 5.73 Å². The van der Waals surface area contributed by atoms with Crippen LogP contribution in [0.5, 0.6) is 0 Å². The van der Waals surface area contributed by atoms with Crippen molar-refractivity contribution in [3.63, 3.8) is 0 Å². The summed E-state index contributed by atoms with van der Waals surface area (Å²) in [6, 6.07) is 4.49. The lowest BCUT2D eigenvalue weighted by atomic mass is 9.85. The van der Waals surface area contributed by atoms with E-state index in [4.69, 9.17) is 5.73 Å². The number of rotatable bonds is 3. The average Bonchev–Trinajstić information content (AvgIpc) is 2.19. The number of alkyl halides is 3. The maximum absolute atomic E-state index is 12.7. The highest BCUT2D eigenvalue weighted by Gasteiger charge is 2.32. The van der Waals surface area contributed by atoms with Crippen molar-refractivity contribution in [1.82, 2.24) is 0 Å². The van der Waals surface area contributed by atoms with Crippen LogP contribution in [-0.4, -0.2) is 6.54 Å². The Kier molecular flexibility index (Phi) is 3.87. The van der Waals surface area contributed by atoms with Crippen molar-refractivity contribution in [3.8, 4) is 0 Å². The quantitative estimate of drug-likeness (QED) is 0.866. The van der Waals surface area contributed by atoms with Crippen LogP contribution in [0.2, 0.25) is 0 Å².